The molecule has 0 atom stereocenters. The fourth-order valence-electron chi connectivity index (χ4n) is 3.21. The first-order valence-corrected chi connectivity index (χ1v) is 9.76. The van der Waals surface area contributed by atoms with Gasteiger partial charge in [-0.25, -0.2) is 19.7 Å². The SMILES string of the molecule is CCn1c(=O)c2[nH]c(-c3ccc(NCC(=O)c4cnccn4)nc3)nc2n(CC)c1=O. The maximum Gasteiger partial charge on any atom is 0.332 e. The van der Waals surface area contributed by atoms with Gasteiger partial charge in [0.25, 0.3) is 5.56 Å². The maximum atomic E-state index is 12.6. The van der Waals surface area contributed by atoms with E-state index in [1.54, 1.807) is 25.3 Å². The number of ketones is 1. The summed E-state index contributed by atoms with van der Waals surface area (Å²) in [7, 11) is 0. The van der Waals surface area contributed by atoms with E-state index in [0.717, 1.165) is 0 Å². The zero-order chi connectivity index (χ0) is 22.0. The van der Waals surface area contributed by atoms with Crippen LogP contribution in [0.1, 0.15) is 24.3 Å². The van der Waals surface area contributed by atoms with Gasteiger partial charge in [0, 0.05) is 37.2 Å². The highest BCUT2D eigenvalue weighted by Crippen LogP contribution is 2.19. The number of aromatic nitrogens is 7. The van der Waals surface area contributed by atoms with Crippen molar-refractivity contribution in [3.8, 4) is 11.4 Å². The first kappa shape index (κ1) is 20.1. The van der Waals surface area contributed by atoms with E-state index in [0.29, 0.717) is 29.4 Å². The normalized spacial score (nSPS) is 11.0. The second-order valence-electron chi connectivity index (χ2n) is 6.66. The van der Waals surface area contributed by atoms with Crippen molar-refractivity contribution in [2.75, 3.05) is 11.9 Å². The van der Waals surface area contributed by atoms with Crippen LogP contribution in [-0.2, 0) is 13.1 Å². The summed E-state index contributed by atoms with van der Waals surface area (Å²) in [5.41, 5.74) is 0.711. The smallest absolute Gasteiger partial charge is 0.332 e. The van der Waals surface area contributed by atoms with Gasteiger partial charge in [-0.1, -0.05) is 0 Å². The summed E-state index contributed by atoms with van der Waals surface area (Å²) in [6.45, 7) is 4.26. The zero-order valence-corrected chi connectivity index (χ0v) is 17.0. The van der Waals surface area contributed by atoms with Crippen molar-refractivity contribution in [2.45, 2.75) is 26.9 Å². The van der Waals surface area contributed by atoms with Crippen LogP contribution >= 0.6 is 0 Å². The molecule has 4 heterocycles. The standard InChI is InChI=1S/C20H20N8O3/c1-3-27-18-16(19(30)28(4-2)20(27)31)25-17(26-18)12-5-6-15(23-9-12)24-11-14(29)13-10-21-7-8-22-13/h5-10H,3-4,11H2,1-2H3,(H,23,24)(H,25,26). The molecular formula is C20H20N8O3. The van der Waals surface area contributed by atoms with Crippen molar-refractivity contribution in [1.29, 1.82) is 0 Å². The fourth-order valence-corrected chi connectivity index (χ4v) is 3.21. The van der Waals surface area contributed by atoms with E-state index in [2.05, 4.69) is 30.2 Å². The highest BCUT2D eigenvalue weighted by atomic mass is 16.2. The lowest BCUT2D eigenvalue weighted by molar-refractivity contribution is 0.100. The molecule has 0 saturated heterocycles. The number of fused-ring (bicyclic) bond motifs is 1. The minimum absolute atomic E-state index is 0.0228. The average molecular weight is 420 g/mol. The van der Waals surface area contributed by atoms with Crippen molar-refractivity contribution in [3.05, 3.63) is 63.5 Å². The van der Waals surface area contributed by atoms with E-state index < -0.39 is 5.56 Å². The van der Waals surface area contributed by atoms with Gasteiger partial charge in [0.15, 0.2) is 5.65 Å². The molecule has 0 saturated carbocycles. The number of aryl methyl sites for hydroxylation is 1. The lowest BCUT2D eigenvalue weighted by atomic mass is 10.2. The Labute approximate surface area is 175 Å². The Morgan fingerprint density at radius 3 is 2.52 bits per heavy atom. The quantitative estimate of drug-likeness (QED) is 0.423. The fraction of sp³-hybridized carbons (Fsp3) is 0.250. The monoisotopic (exact) mass is 420 g/mol. The van der Waals surface area contributed by atoms with E-state index >= 15 is 0 Å². The molecule has 4 aromatic rings. The van der Waals surface area contributed by atoms with E-state index in [-0.39, 0.29) is 35.8 Å². The third kappa shape index (κ3) is 3.72. The number of imidazole rings is 1. The molecule has 0 amide bonds. The summed E-state index contributed by atoms with van der Waals surface area (Å²) < 4.78 is 2.63. The number of pyridine rings is 1. The molecule has 31 heavy (non-hydrogen) atoms. The second-order valence-corrected chi connectivity index (χ2v) is 6.66. The molecule has 11 nitrogen and oxygen atoms in total. The van der Waals surface area contributed by atoms with Crippen molar-refractivity contribution in [1.82, 2.24) is 34.1 Å². The van der Waals surface area contributed by atoms with Crippen LogP contribution in [0.5, 0.6) is 0 Å². The van der Waals surface area contributed by atoms with Gasteiger partial charge in [-0.3, -0.25) is 23.7 Å². The minimum atomic E-state index is -0.403. The Balaban J connectivity index is 1.59. The molecule has 0 aliphatic rings. The van der Waals surface area contributed by atoms with E-state index in [4.69, 9.17) is 0 Å². The number of H-pyrrole nitrogens is 1. The number of aromatic amines is 1. The molecule has 158 valence electrons. The zero-order valence-electron chi connectivity index (χ0n) is 17.0. The molecule has 0 bridgehead atoms. The van der Waals surface area contributed by atoms with Gasteiger partial charge in [0.1, 0.15) is 22.9 Å². The highest BCUT2D eigenvalue weighted by Gasteiger charge is 2.16. The summed E-state index contributed by atoms with van der Waals surface area (Å²) >= 11 is 0. The third-order valence-electron chi connectivity index (χ3n) is 4.81. The summed E-state index contributed by atoms with van der Waals surface area (Å²) in [6.07, 6.45) is 5.94. The number of carbonyl (C=O) groups excluding carboxylic acids is 1. The van der Waals surface area contributed by atoms with Crippen molar-refractivity contribution < 1.29 is 4.79 Å². The number of carbonyl (C=O) groups is 1. The molecule has 2 N–H and O–H groups in total. The van der Waals surface area contributed by atoms with Gasteiger partial charge >= 0.3 is 5.69 Å². The van der Waals surface area contributed by atoms with Gasteiger partial charge in [-0.15, -0.1) is 0 Å². The molecule has 0 fully saturated rings. The van der Waals surface area contributed by atoms with Crippen LogP contribution < -0.4 is 16.6 Å². The second kappa shape index (κ2) is 8.30. The van der Waals surface area contributed by atoms with E-state index in [9.17, 15) is 14.4 Å². The number of nitrogens with zero attached hydrogens (tertiary/aromatic N) is 6. The molecule has 4 aromatic heterocycles. The van der Waals surface area contributed by atoms with Crippen LogP contribution in [0.15, 0.2) is 46.5 Å². The molecule has 0 aromatic carbocycles. The lowest BCUT2D eigenvalue weighted by Crippen LogP contribution is -2.39. The number of Topliss-reactive ketones (excluding diaryl/α,β-unsaturated/α-hetero) is 1. The summed E-state index contributed by atoms with van der Waals surface area (Å²) in [5, 5.41) is 2.94. The van der Waals surface area contributed by atoms with Crippen LogP contribution in [0.2, 0.25) is 0 Å². The number of rotatable bonds is 7. The summed E-state index contributed by atoms with van der Waals surface area (Å²) in [4.78, 5) is 56.9. The summed E-state index contributed by atoms with van der Waals surface area (Å²) in [6, 6.07) is 3.45. The Hall–Kier alpha value is -4.15. The van der Waals surface area contributed by atoms with E-state index in [1.165, 1.54) is 27.7 Å². The summed E-state index contributed by atoms with van der Waals surface area (Å²) in [5.74, 6) is 0.717. The molecule has 0 spiro atoms. The van der Waals surface area contributed by atoms with Crippen molar-refractivity contribution in [3.63, 3.8) is 0 Å². The minimum Gasteiger partial charge on any atom is -0.363 e. The van der Waals surface area contributed by atoms with Crippen LogP contribution in [0.3, 0.4) is 0 Å². The Morgan fingerprint density at radius 1 is 1.06 bits per heavy atom. The van der Waals surface area contributed by atoms with Crippen LogP contribution in [0, 0.1) is 0 Å². The molecule has 4 rings (SSSR count). The largest absolute Gasteiger partial charge is 0.363 e. The highest BCUT2D eigenvalue weighted by molar-refractivity contribution is 5.96. The third-order valence-corrected chi connectivity index (χ3v) is 4.81. The number of nitrogens with one attached hydrogen (secondary N) is 2. The number of hydrogen-bond acceptors (Lipinski definition) is 8. The topological polar surface area (TPSA) is 140 Å². The molecular weight excluding hydrogens is 400 g/mol. The molecule has 0 unspecified atom stereocenters. The number of hydrogen-bond donors (Lipinski definition) is 2. The van der Waals surface area contributed by atoms with Crippen LogP contribution in [0.4, 0.5) is 5.82 Å². The van der Waals surface area contributed by atoms with Crippen LogP contribution in [0.25, 0.3) is 22.6 Å². The average Bonchev–Trinajstić information content (AvgIpc) is 3.24. The number of anilines is 1. The van der Waals surface area contributed by atoms with Crippen molar-refractivity contribution >= 4 is 22.8 Å². The van der Waals surface area contributed by atoms with Crippen molar-refractivity contribution in [2.24, 2.45) is 0 Å². The van der Waals surface area contributed by atoms with Gasteiger partial charge in [-0.05, 0) is 26.0 Å². The predicted octanol–water partition coefficient (Wildman–Crippen LogP) is 1.07. The Kier molecular flexibility index (Phi) is 5.39. The van der Waals surface area contributed by atoms with E-state index in [1.807, 2.05) is 6.92 Å². The molecule has 0 aliphatic heterocycles. The first-order valence-electron chi connectivity index (χ1n) is 9.76. The molecule has 0 radical (unpaired) electrons. The van der Waals surface area contributed by atoms with Crippen LogP contribution in [-0.4, -0.2) is 46.4 Å². The van der Waals surface area contributed by atoms with Gasteiger partial charge < -0.3 is 10.3 Å². The predicted molar refractivity (Wildman–Crippen MR) is 114 cm³/mol. The van der Waals surface area contributed by atoms with Gasteiger partial charge in [-0.2, -0.15) is 0 Å². The first-order chi connectivity index (χ1) is 15.0. The van der Waals surface area contributed by atoms with Gasteiger partial charge in [0.05, 0.1) is 12.7 Å². The molecule has 11 heteroatoms. The Morgan fingerprint density at radius 2 is 1.87 bits per heavy atom. The van der Waals surface area contributed by atoms with Gasteiger partial charge in [0.2, 0.25) is 5.78 Å². The maximum absolute atomic E-state index is 12.6. The Bertz CT molecular complexity index is 1350. The molecule has 0 aliphatic carbocycles. The lowest BCUT2D eigenvalue weighted by Gasteiger charge is -2.06.